The van der Waals surface area contributed by atoms with Crippen LogP contribution in [-0.2, 0) is 95.9 Å². The Morgan fingerprint density at radius 3 is 1.29 bits per heavy atom. The molecule has 0 nitrogen and oxygen atoms in total. The second-order valence-corrected chi connectivity index (χ2v) is 64.2. The van der Waals surface area contributed by atoms with Gasteiger partial charge in [0, 0.05) is 0 Å². The van der Waals surface area contributed by atoms with Gasteiger partial charge in [0.2, 0.25) is 0 Å². The Balaban J connectivity index is 1.42. The minimum absolute atomic E-state index is 0.375. The molecule has 0 aromatic heterocycles. The quantitative estimate of drug-likeness (QED) is 0.124. The molecule has 0 radical (unpaired) electrons. The third kappa shape index (κ3) is 7.78. The number of benzene rings is 4. The van der Waals surface area contributed by atoms with Crippen LogP contribution in [0.25, 0.3) is 34.4 Å². The van der Waals surface area contributed by atoms with Crippen molar-refractivity contribution in [1.29, 1.82) is 0 Å². The van der Waals surface area contributed by atoms with E-state index in [1.807, 2.05) is 11.1 Å². The number of rotatable bonds is 12. The molecule has 258 valence electrons. The third-order valence-electron chi connectivity index (χ3n) is 11.9. The van der Waals surface area contributed by atoms with Crippen LogP contribution in [-0.4, -0.2) is 2.33 Å². The van der Waals surface area contributed by atoms with Gasteiger partial charge in [-0.05, 0) is 0 Å². The molecule has 0 saturated carbocycles. The first-order valence-corrected chi connectivity index (χ1v) is 34.4. The van der Waals surface area contributed by atoms with Crippen molar-refractivity contribution in [3.8, 4) is 22.3 Å². The molecular formula is C46H54SiZr4. The van der Waals surface area contributed by atoms with E-state index in [1.165, 1.54) is 94.2 Å². The van der Waals surface area contributed by atoms with Crippen LogP contribution in [0, 0.1) is 41.5 Å². The molecule has 4 aromatic carbocycles. The van der Waals surface area contributed by atoms with Gasteiger partial charge in [0.05, 0.1) is 0 Å². The van der Waals surface area contributed by atoms with Gasteiger partial charge in [-0.3, -0.25) is 0 Å². The summed E-state index contributed by atoms with van der Waals surface area (Å²) < 4.78 is -0.671. The van der Waals surface area contributed by atoms with E-state index in [0.29, 0.717) is 1.66 Å². The Kier molecular flexibility index (Phi) is 13.0. The predicted molar refractivity (Wildman–Crippen MR) is 208 cm³/mol. The first-order valence-electron chi connectivity index (χ1n) is 19.1. The fraction of sp³-hybridized carbons (Fsp3) is 0.391. The van der Waals surface area contributed by atoms with Crippen LogP contribution in [0.3, 0.4) is 0 Å². The van der Waals surface area contributed by atoms with Crippen LogP contribution in [0.5, 0.6) is 0 Å². The van der Waals surface area contributed by atoms with Gasteiger partial charge in [0.1, 0.15) is 0 Å². The third-order valence-corrected chi connectivity index (χ3v) is 56.3. The van der Waals surface area contributed by atoms with Crippen molar-refractivity contribution in [3.63, 3.8) is 0 Å². The van der Waals surface area contributed by atoms with Gasteiger partial charge < -0.3 is 0 Å². The summed E-state index contributed by atoms with van der Waals surface area (Å²) in [5.41, 5.74) is 24.7. The molecule has 0 spiro atoms. The van der Waals surface area contributed by atoms with E-state index < -0.39 is 47.1 Å². The van der Waals surface area contributed by atoms with E-state index in [1.54, 1.807) is 71.7 Å². The van der Waals surface area contributed by atoms with Crippen molar-refractivity contribution in [1.82, 2.24) is 0 Å². The molecule has 2 unspecified atom stereocenters. The Labute approximate surface area is 362 Å². The van der Waals surface area contributed by atoms with Crippen molar-refractivity contribution < 1.29 is 94.2 Å². The van der Waals surface area contributed by atoms with Gasteiger partial charge >= 0.3 is 367 Å². The molecule has 5 heteroatoms. The summed E-state index contributed by atoms with van der Waals surface area (Å²) in [6.45, 7) is 24.4. The number of aryl methyl sites for hydroxylation is 2. The number of fused-ring (bicyclic) bond motifs is 2. The molecule has 6 rings (SSSR count). The summed E-state index contributed by atoms with van der Waals surface area (Å²) in [6.07, 6.45) is 13.2. The normalized spacial score (nSPS) is 19.4. The molecule has 51 heavy (non-hydrogen) atoms. The first kappa shape index (κ1) is 40.8. The van der Waals surface area contributed by atoms with E-state index in [0.717, 1.165) is 0 Å². The fourth-order valence-electron chi connectivity index (χ4n) is 8.49. The van der Waals surface area contributed by atoms with Crippen LogP contribution in [0.4, 0.5) is 0 Å². The molecule has 2 aliphatic carbocycles. The molecule has 0 bridgehead atoms. The maximum atomic E-state index is 2.89. The number of allylic oxidation sites excluding steroid dienone is 2. The average Bonchev–Trinajstić information content (AvgIpc) is 3.52. The zero-order chi connectivity index (χ0) is 36.9. The molecule has 0 amide bonds. The first-order chi connectivity index (χ1) is 24.2. The zero-order valence-corrected chi connectivity index (χ0v) is 43.5. The molecule has 0 aliphatic heterocycles. The van der Waals surface area contributed by atoms with E-state index in [9.17, 15) is 0 Å². The van der Waals surface area contributed by atoms with Crippen LogP contribution in [0.2, 0.25) is 13.1 Å². The maximum absolute atomic E-state index is 2.89. The van der Waals surface area contributed by atoms with Gasteiger partial charge in [0.25, 0.3) is 0 Å². The Hall–Kier alpha value is 0.109. The van der Waals surface area contributed by atoms with Crippen molar-refractivity contribution >= 4 is 14.5 Å². The predicted octanol–water partition coefficient (Wildman–Crippen LogP) is 13.0. The molecule has 2 atom stereocenters. The Bertz CT molecular complexity index is 1910. The van der Waals surface area contributed by atoms with E-state index in [-0.39, 0.29) is 0 Å². The second-order valence-electron chi connectivity index (χ2n) is 15.8. The molecule has 4 aromatic rings. The summed E-state index contributed by atoms with van der Waals surface area (Å²) >= 11 is 1.94. The molecular weight excluding hydrogens is 945 g/mol. The van der Waals surface area contributed by atoms with Gasteiger partial charge in [-0.2, -0.15) is 0 Å². The summed E-state index contributed by atoms with van der Waals surface area (Å²) in [5, 5.41) is 0. The number of unbranched alkanes of at least 4 members (excludes halogenated alkanes) is 2. The van der Waals surface area contributed by atoms with Crippen molar-refractivity contribution in [2.75, 3.05) is 0 Å². The summed E-state index contributed by atoms with van der Waals surface area (Å²) in [4.78, 5) is 0. The molecule has 0 heterocycles. The van der Waals surface area contributed by atoms with Crippen LogP contribution >= 0.6 is 0 Å². The van der Waals surface area contributed by atoms with Crippen LogP contribution in [0.1, 0.15) is 108 Å². The van der Waals surface area contributed by atoms with E-state index >= 15 is 0 Å². The van der Waals surface area contributed by atoms with Gasteiger partial charge in [0.15, 0.2) is 0 Å². The Morgan fingerprint density at radius 1 is 0.529 bits per heavy atom. The zero-order valence-electron chi connectivity index (χ0n) is 32.7. The second kappa shape index (κ2) is 16.3. The van der Waals surface area contributed by atoms with E-state index in [2.05, 4.69) is 141 Å². The molecule has 0 fully saturated rings. The summed E-state index contributed by atoms with van der Waals surface area (Å²) in [5.74, 6) is 0. The topological polar surface area (TPSA) is 0 Å². The number of hydrogen-bond donors (Lipinski definition) is 0. The van der Waals surface area contributed by atoms with Gasteiger partial charge in [-0.25, -0.2) is 0 Å². The monoisotopic (exact) mass is 994 g/mol. The molecule has 0 saturated heterocycles. The standard InChI is InChI=1S/2C22H24.C2H6Si.4Zr/c2*1-5-6-8-18-13-19-9-7-10-21(22(19)14-18)20-12-11-15(2)16(3)17(20)4;1-3-2;;;;/h2*7,9-12,14H,5-6,8H2,1-4H3;1-2H3;;;;. The average molecular weight is 1000 g/mol. The van der Waals surface area contributed by atoms with Crippen LogP contribution < -0.4 is 0 Å². The summed E-state index contributed by atoms with van der Waals surface area (Å²) in [7, 11) is 0. The number of hydrogen-bond acceptors (Lipinski definition) is 0. The molecule has 0 N–H and O–H groups in total. The molecule has 2 aliphatic rings. The SMILES string of the molecule is CCCCC1=Cc2c(-c3ccc(C)c(C)c3C)cccc2[C]1([Zr])[Zr][Si](C)(C)[Zr][C]1([Zr])C(CCCC)=Cc2c(-c3ccc(C)c(C)c3C)cccc21. The Morgan fingerprint density at radius 2 is 0.922 bits per heavy atom. The van der Waals surface area contributed by atoms with Gasteiger partial charge in [-0.1, -0.05) is 0 Å². The summed E-state index contributed by atoms with van der Waals surface area (Å²) in [6, 6.07) is 24.3. The fourth-order valence-corrected chi connectivity index (χ4v) is 107. The van der Waals surface area contributed by atoms with Crippen molar-refractivity contribution in [3.05, 3.63) is 127 Å². The van der Waals surface area contributed by atoms with Crippen LogP contribution in [0.15, 0.2) is 71.8 Å². The van der Waals surface area contributed by atoms with E-state index in [4.69, 9.17) is 0 Å². The van der Waals surface area contributed by atoms with Crippen molar-refractivity contribution in [2.24, 2.45) is 0 Å². The van der Waals surface area contributed by atoms with Gasteiger partial charge in [-0.15, -0.1) is 0 Å². The van der Waals surface area contributed by atoms with Crippen molar-refractivity contribution in [2.45, 2.75) is 109 Å². The minimum atomic E-state index is -1.42.